The number of benzene rings is 1. The fraction of sp³-hybridized carbons (Fsp3) is 0.174. The summed E-state index contributed by atoms with van der Waals surface area (Å²) in [7, 11) is 0. The number of carbonyl (C=O) groups excluding carboxylic acids is 2. The molecule has 4 rings (SSSR count). The Labute approximate surface area is 167 Å². The number of rotatable bonds is 5. The summed E-state index contributed by atoms with van der Waals surface area (Å²) in [6, 6.07) is 14.7. The molecule has 1 aliphatic rings. The molecule has 6 nitrogen and oxygen atoms in total. The Kier molecular flexibility index (Phi) is 4.99. The van der Waals surface area contributed by atoms with E-state index in [9.17, 15) is 9.59 Å². The zero-order valence-electron chi connectivity index (χ0n) is 16.0. The van der Waals surface area contributed by atoms with Gasteiger partial charge < -0.3 is 13.9 Å². The highest BCUT2D eigenvalue weighted by atomic mass is 16.5. The summed E-state index contributed by atoms with van der Waals surface area (Å²) in [6.07, 6.45) is 1.46. The van der Waals surface area contributed by atoms with Gasteiger partial charge in [0, 0.05) is 22.7 Å². The van der Waals surface area contributed by atoms with Crippen LogP contribution >= 0.6 is 0 Å². The number of aldehydes is 1. The van der Waals surface area contributed by atoms with Crippen molar-refractivity contribution in [2.24, 2.45) is 0 Å². The zero-order valence-corrected chi connectivity index (χ0v) is 16.0. The second-order valence-electron chi connectivity index (χ2n) is 6.76. The van der Waals surface area contributed by atoms with Crippen LogP contribution in [0.5, 0.6) is 0 Å². The molecule has 6 heteroatoms. The molecule has 1 aromatic carbocycles. The number of allylic oxidation sites excluding steroid dienone is 1. The summed E-state index contributed by atoms with van der Waals surface area (Å²) in [4.78, 5) is 28.2. The Hall–Kier alpha value is -3.67. The van der Waals surface area contributed by atoms with Gasteiger partial charge in [-0.25, -0.2) is 0 Å². The van der Waals surface area contributed by atoms with Gasteiger partial charge in [-0.15, -0.1) is 0 Å². The van der Waals surface area contributed by atoms with E-state index in [4.69, 9.17) is 13.9 Å². The van der Waals surface area contributed by atoms with Crippen molar-refractivity contribution in [2.45, 2.75) is 26.4 Å². The SMILES string of the molecule is CC1=C(c2cc3ccccc3o2)OC(C=O)C(C)=C1OC(=O)Cc1ccccn1. The summed E-state index contributed by atoms with van der Waals surface area (Å²) < 4.78 is 17.4. The van der Waals surface area contributed by atoms with E-state index in [0.29, 0.717) is 46.0 Å². The maximum atomic E-state index is 12.5. The standard InChI is InChI=1S/C23H19NO5/c1-14-20(13-25)28-23(19-11-16-7-3-4-9-18(16)27-19)15(2)22(14)29-21(26)12-17-8-5-6-10-24-17/h3-11,13,20H,12H2,1-2H3. The number of hydrogen-bond acceptors (Lipinski definition) is 6. The Bertz CT molecular complexity index is 1110. The molecule has 1 unspecified atom stereocenters. The zero-order chi connectivity index (χ0) is 20.4. The number of fused-ring (bicyclic) bond motifs is 1. The first kappa shape index (κ1) is 18.7. The van der Waals surface area contributed by atoms with Gasteiger partial charge in [0.25, 0.3) is 0 Å². The minimum atomic E-state index is -0.862. The monoisotopic (exact) mass is 389 g/mol. The molecule has 0 bridgehead atoms. The number of para-hydroxylation sites is 1. The second kappa shape index (κ2) is 7.75. The quantitative estimate of drug-likeness (QED) is 0.480. The van der Waals surface area contributed by atoms with Crippen molar-refractivity contribution < 1.29 is 23.5 Å². The van der Waals surface area contributed by atoms with Crippen LogP contribution in [0.4, 0.5) is 0 Å². The van der Waals surface area contributed by atoms with Crippen LogP contribution in [0.15, 0.2) is 76.1 Å². The number of hydrogen-bond donors (Lipinski definition) is 0. The first-order valence-electron chi connectivity index (χ1n) is 9.20. The van der Waals surface area contributed by atoms with Crippen LogP contribution in [0.25, 0.3) is 16.7 Å². The molecule has 0 saturated heterocycles. The number of nitrogens with zero attached hydrogens (tertiary/aromatic N) is 1. The van der Waals surface area contributed by atoms with Gasteiger partial charge in [-0.2, -0.15) is 0 Å². The molecule has 3 heterocycles. The Morgan fingerprint density at radius 3 is 2.69 bits per heavy atom. The molecular weight excluding hydrogens is 370 g/mol. The first-order valence-corrected chi connectivity index (χ1v) is 9.20. The van der Waals surface area contributed by atoms with Crippen LogP contribution in [0.3, 0.4) is 0 Å². The fourth-order valence-electron chi connectivity index (χ4n) is 3.26. The molecule has 0 fully saturated rings. The topological polar surface area (TPSA) is 78.6 Å². The molecule has 3 aromatic rings. The summed E-state index contributed by atoms with van der Waals surface area (Å²) in [5.41, 5.74) is 2.43. The molecular formula is C23H19NO5. The lowest BCUT2D eigenvalue weighted by molar-refractivity contribution is -0.138. The van der Waals surface area contributed by atoms with Crippen LogP contribution in [0.1, 0.15) is 25.3 Å². The van der Waals surface area contributed by atoms with Crippen molar-refractivity contribution in [3.05, 3.63) is 83.1 Å². The number of ether oxygens (including phenoxy) is 2. The molecule has 1 atom stereocenters. The van der Waals surface area contributed by atoms with E-state index in [0.717, 1.165) is 5.39 Å². The molecule has 0 radical (unpaired) electrons. The third kappa shape index (κ3) is 3.69. The predicted octanol–water partition coefficient (Wildman–Crippen LogP) is 4.22. The largest absolute Gasteiger partial charge is 0.474 e. The lowest BCUT2D eigenvalue weighted by Crippen LogP contribution is -2.24. The van der Waals surface area contributed by atoms with Gasteiger partial charge in [0.05, 0.1) is 12.1 Å². The van der Waals surface area contributed by atoms with E-state index in [2.05, 4.69) is 4.98 Å². The van der Waals surface area contributed by atoms with Crippen molar-refractivity contribution in [3.8, 4) is 0 Å². The molecule has 2 aromatic heterocycles. The van der Waals surface area contributed by atoms with Crippen molar-refractivity contribution in [2.75, 3.05) is 0 Å². The number of pyridine rings is 1. The summed E-state index contributed by atoms with van der Waals surface area (Å²) in [5, 5.41) is 0.911. The molecule has 0 aliphatic carbocycles. The average molecular weight is 389 g/mol. The van der Waals surface area contributed by atoms with Crippen LogP contribution in [0, 0.1) is 0 Å². The highest BCUT2D eigenvalue weighted by Gasteiger charge is 2.31. The summed E-state index contributed by atoms with van der Waals surface area (Å²) >= 11 is 0. The van der Waals surface area contributed by atoms with Crippen LogP contribution in [0.2, 0.25) is 0 Å². The highest BCUT2D eigenvalue weighted by molar-refractivity contribution is 5.83. The lowest BCUT2D eigenvalue weighted by atomic mass is 10.0. The first-order chi connectivity index (χ1) is 14.1. The van der Waals surface area contributed by atoms with E-state index in [1.54, 1.807) is 32.2 Å². The van der Waals surface area contributed by atoms with Crippen molar-refractivity contribution in [1.29, 1.82) is 0 Å². The van der Waals surface area contributed by atoms with Crippen molar-refractivity contribution in [3.63, 3.8) is 0 Å². The number of esters is 1. The molecule has 29 heavy (non-hydrogen) atoms. The van der Waals surface area contributed by atoms with E-state index in [1.807, 2.05) is 36.4 Å². The summed E-state index contributed by atoms with van der Waals surface area (Å²) in [6.45, 7) is 3.48. The van der Waals surface area contributed by atoms with Gasteiger partial charge in [-0.05, 0) is 38.1 Å². The second-order valence-corrected chi connectivity index (χ2v) is 6.76. The third-order valence-electron chi connectivity index (χ3n) is 4.75. The van der Waals surface area contributed by atoms with Crippen molar-refractivity contribution >= 4 is 29.0 Å². The lowest BCUT2D eigenvalue weighted by Gasteiger charge is -2.26. The maximum absolute atomic E-state index is 12.5. The van der Waals surface area contributed by atoms with E-state index in [-0.39, 0.29) is 6.42 Å². The van der Waals surface area contributed by atoms with E-state index >= 15 is 0 Å². The predicted molar refractivity (Wildman–Crippen MR) is 106 cm³/mol. The Balaban J connectivity index is 1.68. The van der Waals surface area contributed by atoms with Gasteiger partial charge in [0.1, 0.15) is 11.3 Å². The Morgan fingerprint density at radius 1 is 1.17 bits per heavy atom. The van der Waals surface area contributed by atoms with Crippen LogP contribution in [-0.4, -0.2) is 23.3 Å². The molecule has 0 spiro atoms. The van der Waals surface area contributed by atoms with E-state index in [1.165, 1.54) is 0 Å². The minimum Gasteiger partial charge on any atom is -0.474 e. The van der Waals surface area contributed by atoms with Gasteiger partial charge >= 0.3 is 5.97 Å². The van der Waals surface area contributed by atoms with Gasteiger partial charge in [0.15, 0.2) is 23.9 Å². The molecule has 1 aliphatic heterocycles. The Morgan fingerprint density at radius 2 is 1.97 bits per heavy atom. The van der Waals surface area contributed by atoms with Gasteiger partial charge in [-0.1, -0.05) is 24.3 Å². The van der Waals surface area contributed by atoms with Gasteiger partial charge in [0.2, 0.25) is 0 Å². The van der Waals surface area contributed by atoms with Crippen LogP contribution < -0.4 is 0 Å². The third-order valence-corrected chi connectivity index (χ3v) is 4.75. The maximum Gasteiger partial charge on any atom is 0.317 e. The number of aromatic nitrogens is 1. The van der Waals surface area contributed by atoms with Crippen LogP contribution in [-0.2, 0) is 25.5 Å². The average Bonchev–Trinajstić information content (AvgIpc) is 3.16. The summed E-state index contributed by atoms with van der Waals surface area (Å²) in [5.74, 6) is 0.712. The van der Waals surface area contributed by atoms with Gasteiger partial charge in [-0.3, -0.25) is 14.6 Å². The molecule has 0 saturated carbocycles. The van der Waals surface area contributed by atoms with E-state index < -0.39 is 12.1 Å². The molecule has 0 amide bonds. The van der Waals surface area contributed by atoms with Crippen molar-refractivity contribution in [1.82, 2.24) is 4.98 Å². The number of furan rings is 1. The minimum absolute atomic E-state index is 0.0253. The fourth-order valence-corrected chi connectivity index (χ4v) is 3.26. The number of carbonyl (C=O) groups is 2. The molecule has 0 N–H and O–H groups in total. The smallest absolute Gasteiger partial charge is 0.317 e. The highest BCUT2D eigenvalue weighted by Crippen LogP contribution is 2.37. The molecule has 146 valence electrons. The normalized spacial score (nSPS) is 16.7.